The first kappa shape index (κ1) is 20.9. The monoisotopic (exact) mass is 417 g/mol. The topological polar surface area (TPSA) is 62.3 Å². The lowest BCUT2D eigenvalue weighted by Gasteiger charge is -2.33. The maximum atomic E-state index is 12.3. The largest absolute Gasteiger partial charge is 0.339 e. The molecule has 0 spiro atoms. The fraction of sp³-hybridized carbons (Fsp3) is 0.476. The van der Waals surface area contributed by atoms with E-state index < -0.39 is 0 Å². The van der Waals surface area contributed by atoms with Gasteiger partial charge in [0.2, 0.25) is 11.8 Å². The molecule has 2 heterocycles. The lowest BCUT2D eigenvalue weighted by atomic mass is 10.0. The average Bonchev–Trinajstić information content (AvgIpc) is 3.16. The molecule has 1 N–H and O–H groups in total. The zero-order valence-corrected chi connectivity index (χ0v) is 18.1. The lowest BCUT2D eigenvalue weighted by Crippen LogP contribution is -2.43. The van der Waals surface area contributed by atoms with Crippen molar-refractivity contribution >= 4 is 40.0 Å². The van der Waals surface area contributed by atoms with Crippen LogP contribution in [0.5, 0.6) is 0 Å². The van der Waals surface area contributed by atoms with Crippen molar-refractivity contribution in [1.29, 1.82) is 0 Å². The second-order valence-corrected chi connectivity index (χ2v) is 8.90. The van der Waals surface area contributed by atoms with Gasteiger partial charge < -0.3 is 10.2 Å². The number of thioether (sulfide) groups is 1. The summed E-state index contributed by atoms with van der Waals surface area (Å²) in [5.74, 6) is 0.627. The van der Waals surface area contributed by atoms with Gasteiger partial charge in [-0.1, -0.05) is 31.2 Å². The first-order chi connectivity index (χ1) is 13.6. The van der Waals surface area contributed by atoms with E-state index in [0.29, 0.717) is 16.9 Å². The summed E-state index contributed by atoms with van der Waals surface area (Å²) in [6.45, 7) is 5.07. The number of nitrogens with zero attached hydrogens (tertiary/aromatic N) is 2. The molecule has 1 fully saturated rings. The van der Waals surface area contributed by atoms with E-state index in [-0.39, 0.29) is 17.6 Å². The summed E-state index contributed by atoms with van der Waals surface area (Å²) in [5.41, 5.74) is 3.20. The molecule has 1 aromatic heterocycles. The molecule has 1 aliphatic rings. The predicted molar refractivity (Wildman–Crippen MR) is 118 cm³/mol. The van der Waals surface area contributed by atoms with E-state index >= 15 is 0 Å². The van der Waals surface area contributed by atoms with Crippen molar-refractivity contribution in [3.63, 3.8) is 0 Å². The van der Waals surface area contributed by atoms with Gasteiger partial charge in [-0.25, -0.2) is 4.98 Å². The fourth-order valence-electron chi connectivity index (χ4n) is 3.31. The zero-order chi connectivity index (χ0) is 19.9. The van der Waals surface area contributed by atoms with Crippen LogP contribution in [0.25, 0.3) is 11.3 Å². The lowest BCUT2D eigenvalue weighted by molar-refractivity contribution is -0.131. The van der Waals surface area contributed by atoms with Gasteiger partial charge in [0.25, 0.3) is 0 Å². The van der Waals surface area contributed by atoms with E-state index in [4.69, 9.17) is 0 Å². The molecule has 0 aliphatic carbocycles. The Hall–Kier alpha value is -1.86. The molecule has 0 radical (unpaired) electrons. The molecule has 0 unspecified atom stereocenters. The van der Waals surface area contributed by atoms with Crippen LogP contribution in [-0.4, -0.2) is 45.8 Å². The predicted octanol–water partition coefficient (Wildman–Crippen LogP) is 4.45. The maximum absolute atomic E-state index is 12.3. The number of aromatic nitrogens is 1. The number of carbonyl (C=O) groups is 2. The van der Waals surface area contributed by atoms with Crippen LogP contribution in [-0.2, 0) is 16.0 Å². The van der Waals surface area contributed by atoms with Crippen molar-refractivity contribution in [2.75, 3.05) is 23.4 Å². The van der Waals surface area contributed by atoms with Crippen molar-refractivity contribution in [2.24, 2.45) is 0 Å². The number of thiazole rings is 1. The average molecular weight is 418 g/mol. The molecular formula is C21H27N3O2S2. The number of likely N-dealkylation sites (tertiary alicyclic amines) is 1. The Labute approximate surface area is 174 Å². The smallest absolute Gasteiger partial charge is 0.236 e. The van der Waals surface area contributed by atoms with Gasteiger partial charge in [-0.2, -0.15) is 0 Å². The SMILES string of the molecule is CCc1ccc(-c2csc(NC(=O)CSCC(=O)N3CCCC[C@@H]3C)n2)cc1. The third-order valence-corrected chi connectivity index (χ3v) is 6.67. The number of amides is 2. The highest BCUT2D eigenvalue weighted by Crippen LogP contribution is 2.25. The first-order valence-corrected chi connectivity index (χ1v) is 11.8. The number of hydrogen-bond acceptors (Lipinski definition) is 5. The third kappa shape index (κ3) is 5.58. The van der Waals surface area contributed by atoms with Crippen LogP contribution in [0, 0.1) is 0 Å². The number of carbonyl (C=O) groups excluding carboxylic acids is 2. The minimum absolute atomic E-state index is 0.119. The van der Waals surface area contributed by atoms with Crippen molar-refractivity contribution in [1.82, 2.24) is 9.88 Å². The summed E-state index contributed by atoms with van der Waals surface area (Å²) in [6, 6.07) is 8.63. The highest BCUT2D eigenvalue weighted by molar-refractivity contribution is 8.00. The zero-order valence-electron chi connectivity index (χ0n) is 16.4. The number of rotatable bonds is 7. The molecule has 150 valence electrons. The van der Waals surface area contributed by atoms with E-state index in [9.17, 15) is 9.59 Å². The number of nitrogens with one attached hydrogen (secondary N) is 1. The summed E-state index contributed by atoms with van der Waals surface area (Å²) < 4.78 is 0. The molecule has 5 nitrogen and oxygen atoms in total. The molecule has 2 amide bonds. The number of anilines is 1. The Bertz CT molecular complexity index is 804. The highest BCUT2D eigenvalue weighted by Gasteiger charge is 2.23. The number of benzene rings is 1. The molecule has 0 bridgehead atoms. The van der Waals surface area contributed by atoms with Crippen LogP contribution in [0.2, 0.25) is 0 Å². The van der Waals surface area contributed by atoms with E-state index in [1.807, 2.05) is 10.3 Å². The van der Waals surface area contributed by atoms with Gasteiger partial charge >= 0.3 is 0 Å². The van der Waals surface area contributed by atoms with Crippen molar-refractivity contribution in [3.8, 4) is 11.3 Å². The Balaban J connectivity index is 1.44. The molecule has 2 aromatic rings. The van der Waals surface area contributed by atoms with Crippen LogP contribution >= 0.6 is 23.1 Å². The Kier molecular flexibility index (Phi) is 7.50. The van der Waals surface area contributed by atoms with Crippen LogP contribution in [0.3, 0.4) is 0 Å². The number of aryl methyl sites for hydroxylation is 1. The van der Waals surface area contributed by atoms with Gasteiger partial charge in [0.05, 0.1) is 17.2 Å². The summed E-state index contributed by atoms with van der Waals surface area (Å²) in [5, 5.41) is 5.38. The maximum Gasteiger partial charge on any atom is 0.236 e. The van der Waals surface area contributed by atoms with Gasteiger partial charge in [0.15, 0.2) is 5.13 Å². The molecule has 1 saturated heterocycles. The number of hydrogen-bond donors (Lipinski definition) is 1. The molecule has 1 aromatic carbocycles. The van der Waals surface area contributed by atoms with Crippen LogP contribution < -0.4 is 5.32 Å². The minimum atomic E-state index is -0.119. The van der Waals surface area contributed by atoms with Gasteiger partial charge in [-0.3, -0.25) is 9.59 Å². The van der Waals surface area contributed by atoms with E-state index in [2.05, 4.69) is 48.4 Å². The Morgan fingerprint density at radius 3 is 2.75 bits per heavy atom. The second-order valence-electron chi connectivity index (χ2n) is 7.06. The summed E-state index contributed by atoms with van der Waals surface area (Å²) in [7, 11) is 0. The molecule has 0 saturated carbocycles. The van der Waals surface area contributed by atoms with Gasteiger partial charge in [-0.15, -0.1) is 23.1 Å². The van der Waals surface area contributed by atoms with Crippen molar-refractivity contribution in [3.05, 3.63) is 35.2 Å². The van der Waals surface area contributed by atoms with E-state index in [0.717, 1.165) is 37.1 Å². The highest BCUT2D eigenvalue weighted by atomic mass is 32.2. The summed E-state index contributed by atoms with van der Waals surface area (Å²) in [6.07, 6.45) is 4.35. The van der Waals surface area contributed by atoms with E-state index in [1.165, 1.54) is 35.1 Å². The normalized spacial score (nSPS) is 16.8. The van der Waals surface area contributed by atoms with Gasteiger partial charge in [0.1, 0.15) is 0 Å². The molecule has 28 heavy (non-hydrogen) atoms. The molecule has 1 aliphatic heterocycles. The van der Waals surface area contributed by atoms with E-state index in [1.54, 1.807) is 0 Å². The summed E-state index contributed by atoms with van der Waals surface area (Å²) >= 11 is 2.78. The number of piperidine rings is 1. The molecule has 3 rings (SSSR count). The van der Waals surface area contributed by atoms with Crippen LogP contribution in [0.15, 0.2) is 29.6 Å². The fourth-order valence-corrected chi connectivity index (χ4v) is 4.75. The Morgan fingerprint density at radius 2 is 2.04 bits per heavy atom. The minimum Gasteiger partial charge on any atom is -0.339 e. The standard InChI is InChI=1S/C21H27N3O2S2/c1-3-16-7-9-17(10-8-16)18-12-28-21(22-18)23-19(25)13-27-14-20(26)24-11-5-4-6-15(24)2/h7-10,12,15H,3-6,11,13-14H2,1-2H3,(H,22,23,25)/t15-/m0/s1. The molecular weight excluding hydrogens is 390 g/mol. The van der Waals surface area contributed by atoms with Crippen LogP contribution in [0.1, 0.15) is 38.7 Å². The molecule has 7 heteroatoms. The molecule has 1 atom stereocenters. The van der Waals surface area contributed by atoms with Crippen LogP contribution in [0.4, 0.5) is 5.13 Å². The van der Waals surface area contributed by atoms with Gasteiger partial charge in [-0.05, 0) is 38.2 Å². The summed E-state index contributed by atoms with van der Waals surface area (Å²) in [4.78, 5) is 30.9. The Morgan fingerprint density at radius 1 is 1.25 bits per heavy atom. The first-order valence-electron chi connectivity index (χ1n) is 9.78. The third-order valence-electron chi connectivity index (χ3n) is 4.99. The van der Waals surface area contributed by atoms with Crippen molar-refractivity contribution in [2.45, 2.75) is 45.6 Å². The van der Waals surface area contributed by atoms with Gasteiger partial charge in [0, 0.05) is 23.5 Å². The second kappa shape index (κ2) is 10.1. The van der Waals surface area contributed by atoms with Crippen molar-refractivity contribution < 1.29 is 9.59 Å². The quantitative estimate of drug-likeness (QED) is 0.723.